The molecule has 5 heterocycles. The highest BCUT2D eigenvalue weighted by molar-refractivity contribution is 7.29. The Hall–Kier alpha value is -1.64. The largest absolute Gasteiger partial charge is 0.243 e. The van der Waals surface area contributed by atoms with E-state index in [1.54, 1.807) is 0 Å². The maximum Gasteiger partial charge on any atom is 0.133 e. The average molecular weight is 695 g/mol. The van der Waals surface area contributed by atoms with E-state index < -0.39 is 0 Å². The Kier molecular flexibility index (Phi) is 14.8. The van der Waals surface area contributed by atoms with Gasteiger partial charge in [-0.15, -0.1) is 56.7 Å². The zero-order chi connectivity index (χ0) is 31.1. The zero-order valence-electron chi connectivity index (χ0n) is 27.3. The first-order chi connectivity index (χ1) is 22.2. The lowest BCUT2D eigenvalue weighted by molar-refractivity contribution is 0.576. The minimum absolute atomic E-state index is 1.17. The summed E-state index contributed by atoms with van der Waals surface area (Å²) in [4.78, 5) is 20.4. The van der Waals surface area contributed by atoms with Crippen molar-refractivity contribution in [2.24, 2.45) is 0 Å². The molecule has 7 heteroatoms. The molecule has 0 saturated heterocycles. The van der Waals surface area contributed by atoms with E-state index in [9.17, 15) is 0 Å². The molecule has 5 rings (SSSR count). The number of aryl methyl sites for hydroxylation is 2. The van der Waals surface area contributed by atoms with Gasteiger partial charge >= 0.3 is 0 Å². The Morgan fingerprint density at radius 3 is 1.07 bits per heavy atom. The van der Waals surface area contributed by atoms with Gasteiger partial charge in [0, 0.05) is 41.7 Å². The van der Waals surface area contributed by atoms with E-state index in [-0.39, 0.29) is 0 Å². The summed E-state index contributed by atoms with van der Waals surface area (Å²) in [5.74, 6) is 0. The van der Waals surface area contributed by atoms with Crippen LogP contribution in [0.4, 0.5) is 0 Å². The molecule has 0 aliphatic rings. The molecule has 5 aromatic heterocycles. The van der Waals surface area contributed by atoms with Crippen LogP contribution in [0.1, 0.15) is 126 Å². The fourth-order valence-corrected chi connectivity index (χ4v) is 10.9. The lowest BCUT2D eigenvalue weighted by atomic mass is 10.1. The summed E-state index contributed by atoms with van der Waals surface area (Å²) < 4.78 is 0. The number of rotatable bonds is 22. The smallest absolute Gasteiger partial charge is 0.133 e. The van der Waals surface area contributed by atoms with E-state index in [0.717, 1.165) is 0 Å². The van der Waals surface area contributed by atoms with Crippen LogP contribution >= 0.6 is 56.7 Å². The Balaban J connectivity index is 1.08. The number of unbranched alkanes of at least 4 members (excludes halogenated alkanes) is 14. The van der Waals surface area contributed by atoms with Crippen molar-refractivity contribution in [3.05, 3.63) is 58.5 Å². The Morgan fingerprint density at radius 2 is 0.689 bits per heavy atom. The minimum atomic E-state index is 1.17. The standard InChI is InChI=1S/C38H50N2S5/c1-3-5-7-9-11-13-15-17-19-29-27-39-37(41-29)35-25-23-33(44-35)31-21-22-32(43-31)34-24-26-36(45-34)38-40-28-30(42-38)20-18-16-14-12-10-8-6-4-2/h21-28H,3-20H2,1-2H3. The van der Waals surface area contributed by atoms with Gasteiger partial charge in [-0.25, -0.2) is 9.97 Å². The van der Waals surface area contributed by atoms with Crippen LogP contribution in [0.5, 0.6) is 0 Å². The van der Waals surface area contributed by atoms with Crippen LogP contribution in [0.2, 0.25) is 0 Å². The summed E-state index contributed by atoms with van der Waals surface area (Å²) in [6, 6.07) is 13.6. The van der Waals surface area contributed by atoms with Crippen molar-refractivity contribution < 1.29 is 0 Å². The molecular weight excluding hydrogens is 645 g/mol. The Labute approximate surface area is 292 Å². The van der Waals surface area contributed by atoms with Gasteiger partial charge in [0.2, 0.25) is 0 Å². The molecule has 0 unspecified atom stereocenters. The number of thiophene rings is 3. The van der Waals surface area contributed by atoms with E-state index >= 15 is 0 Å². The minimum Gasteiger partial charge on any atom is -0.243 e. The van der Waals surface area contributed by atoms with Crippen molar-refractivity contribution in [3.8, 4) is 39.3 Å². The van der Waals surface area contributed by atoms with Crippen molar-refractivity contribution in [2.75, 3.05) is 0 Å². The number of aromatic nitrogens is 2. The number of thiazole rings is 2. The van der Waals surface area contributed by atoms with Crippen molar-refractivity contribution >= 4 is 56.7 Å². The summed E-state index contributed by atoms with van der Waals surface area (Å²) in [6.45, 7) is 4.58. The molecule has 0 spiro atoms. The van der Waals surface area contributed by atoms with Gasteiger partial charge in [0.15, 0.2) is 0 Å². The van der Waals surface area contributed by atoms with Gasteiger partial charge in [-0.1, -0.05) is 104 Å². The zero-order valence-corrected chi connectivity index (χ0v) is 31.4. The molecule has 0 amide bonds. The maximum atomic E-state index is 4.79. The summed E-state index contributed by atoms with van der Waals surface area (Å²) in [5.41, 5.74) is 0. The fourth-order valence-electron chi connectivity index (χ4n) is 5.71. The summed E-state index contributed by atoms with van der Waals surface area (Å²) in [7, 11) is 0. The lowest BCUT2D eigenvalue weighted by Crippen LogP contribution is -1.83. The molecule has 45 heavy (non-hydrogen) atoms. The monoisotopic (exact) mass is 694 g/mol. The second-order valence-corrected chi connectivity index (χ2v) is 17.7. The molecule has 242 valence electrons. The molecule has 0 saturated carbocycles. The van der Waals surface area contributed by atoms with E-state index in [1.807, 2.05) is 56.7 Å². The van der Waals surface area contributed by atoms with Crippen LogP contribution in [0, 0.1) is 0 Å². The van der Waals surface area contributed by atoms with Crippen LogP contribution in [-0.4, -0.2) is 9.97 Å². The molecule has 0 atom stereocenters. The summed E-state index contributed by atoms with van der Waals surface area (Å²) in [5, 5.41) is 2.34. The molecule has 0 radical (unpaired) electrons. The topological polar surface area (TPSA) is 25.8 Å². The summed E-state index contributed by atoms with van der Waals surface area (Å²) in [6.07, 6.45) is 28.5. The Bertz CT molecular complexity index is 1400. The van der Waals surface area contributed by atoms with E-state index in [4.69, 9.17) is 9.97 Å². The van der Waals surface area contributed by atoms with Crippen LogP contribution in [-0.2, 0) is 12.8 Å². The quantitative estimate of drug-likeness (QED) is 0.0674. The van der Waals surface area contributed by atoms with Gasteiger partial charge in [-0.05, 0) is 62.1 Å². The van der Waals surface area contributed by atoms with Crippen molar-refractivity contribution in [1.29, 1.82) is 0 Å². The predicted molar refractivity (Wildman–Crippen MR) is 206 cm³/mol. The van der Waals surface area contributed by atoms with Gasteiger partial charge in [-0.3, -0.25) is 0 Å². The second-order valence-electron chi connectivity index (χ2n) is 12.2. The highest BCUT2D eigenvalue weighted by Crippen LogP contribution is 2.44. The first kappa shape index (κ1) is 34.7. The molecule has 0 bridgehead atoms. The van der Waals surface area contributed by atoms with Gasteiger partial charge in [0.25, 0.3) is 0 Å². The highest BCUT2D eigenvalue weighted by atomic mass is 32.1. The molecular formula is C38H50N2S5. The van der Waals surface area contributed by atoms with Gasteiger partial charge in [0.1, 0.15) is 10.0 Å². The predicted octanol–water partition coefficient (Wildman–Crippen LogP) is 14.8. The maximum absolute atomic E-state index is 4.79. The first-order valence-electron chi connectivity index (χ1n) is 17.4. The van der Waals surface area contributed by atoms with Crippen molar-refractivity contribution in [3.63, 3.8) is 0 Å². The van der Waals surface area contributed by atoms with Gasteiger partial charge in [0.05, 0.1) is 9.75 Å². The molecule has 2 nitrogen and oxygen atoms in total. The fraction of sp³-hybridized carbons (Fsp3) is 0.526. The second kappa shape index (κ2) is 19.2. The normalized spacial score (nSPS) is 11.6. The lowest BCUT2D eigenvalue weighted by Gasteiger charge is -2.00. The molecule has 0 aliphatic carbocycles. The third-order valence-corrected chi connectivity index (χ3v) is 14.5. The van der Waals surface area contributed by atoms with E-state index in [0.29, 0.717) is 0 Å². The van der Waals surface area contributed by atoms with E-state index in [1.165, 1.54) is 165 Å². The number of hydrogen-bond acceptors (Lipinski definition) is 7. The van der Waals surface area contributed by atoms with Gasteiger partial charge < -0.3 is 0 Å². The first-order valence-corrected chi connectivity index (χ1v) is 21.5. The van der Waals surface area contributed by atoms with Crippen LogP contribution in [0.15, 0.2) is 48.8 Å². The molecule has 0 aliphatic heterocycles. The molecule has 0 fully saturated rings. The third-order valence-electron chi connectivity index (χ3n) is 8.39. The van der Waals surface area contributed by atoms with E-state index in [2.05, 4.69) is 62.6 Å². The van der Waals surface area contributed by atoms with Crippen LogP contribution in [0.3, 0.4) is 0 Å². The number of hydrogen-bond donors (Lipinski definition) is 0. The van der Waals surface area contributed by atoms with Crippen molar-refractivity contribution in [1.82, 2.24) is 9.97 Å². The molecule has 0 N–H and O–H groups in total. The highest BCUT2D eigenvalue weighted by Gasteiger charge is 2.14. The molecule has 5 aromatic rings. The van der Waals surface area contributed by atoms with Crippen LogP contribution < -0.4 is 0 Å². The average Bonchev–Trinajstić information content (AvgIpc) is 3.89. The Morgan fingerprint density at radius 1 is 0.378 bits per heavy atom. The summed E-state index contributed by atoms with van der Waals surface area (Å²) >= 11 is 9.41. The molecule has 0 aromatic carbocycles. The third kappa shape index (κ3) is 11.0. The van der Waals surface area contributed by atoms with Crippen LogP contribution in [0.25, 0.3) is 39.3 Å². The van der Waals surface area contributed by atoms with Crippen molar-refractivity contribution in [2.45, 2.75) is 129 Å². The van der Waals surface area contributed by atoms with Gasteiger partial charge in [-0.2, -0.15) is 0 Å². The number of nitrogens with zero attached hydrogens (tertiary/aromatic N) is 2. The SMILES string of the molecule is CCCCCCCCCCc1cnc(-c2ccc(-c3ccc(-c4ccc(-c5ncc(CCCCCCCCCC)s5)s4)s3)s2)s1.